The summed E-state index contributed by atoms with van der Waals surface area (Å²) in [5, 5.41) is 17.1. The molecule has 0 spiro atoms. The Morgan fingerprint density at radius 2 is 0.484 bits per heavy atom. The van der Waals surface area contributed by atoms with E-state index in [0.717, 1.165) is 43.9 Å². The summed E-state index contributed by atoms with van der Waals surface area (Å²) in [6.45, 7) is 0. The van der Waals surface area contributed by atoms with Gasteiger partial charge in [0, 0.05) is 21.5 Å². The van der Waals surface area contributed by atoms with Crippen LogP contribution >= 0.6 is 0 Å². The van der Waals surface area contributed by atoms with Gasteiger partial charge >= 0.3 is 0 Å². The molecule has 2 aliphatic rings. The lowest BCUT2D eigenvalue weighted by Gasteiger charge is -2.19. The van der Waals surface area contributed by atoms with Crippen molar-refractivity contribution >= 4 is 97.7 Å². The van der Waals surface area contributed by atoms with Gasteiger partial charge < -0.3 is 8.83 Å². The molecule has 64 heavy (non-hydrogen) atoms. The van der Waals surface area contributed by atoms with E-state index in [4.69, 9.17) is 8.83 Å². The summed E-state index contributed by atoms with van der Waals surface area (Å²) in [4.78, 5) is 0. The fourth-order valence-electron chi connectivity index (χ4n) is 12.1. The summed E-state index contributed by atoms with van der Waals surface area (Å²) in [6.07, 6.45) is 0. The first-order valence-corrected chi connectivity index (χ1v) is 22.1. The topological polar surface area (TPSA) is 26.3 Å². The number of hydrogen-bond acceptors (Lipinski definition) is 2. The maximum atomic E-state index is 6.56. The normalized spacial score (nSPS) is 12.7. The van der Waals surface area contributed by atoms with Gasteiger partial charge in [-0.05, 0) is 181 Å². The van der Waals surface area contributed by atoms with Crippen LogP contribution in [-0.2, 0) is 0 Å². The molecule has 0 N–H and O–H groups in total. The molecule has 12 aromatic carbocycles. The van der Waals surface area contributed by atoms with Crippen molar-refractivity contribution in [3.63, 3.8) is 0 Å². The minimum absolute atomic E-state index is 0.898. The van der Waals surface area contributed by atoms with Crippen LogP contribution in [0.2, 0.25) is 0 Å². The molecule has 0 unspecified atom stereocenters. The summed E-state index contributed by atoms with van der Waals surface area (Å²) in [7, 11) is 0. The van der Waals surface area contributed by atoms with E-state index in [9.17, 15) is 0 Å². The van der Waals surface area contributed by atoms with Crippen molar-refractivity contribution in [1.82, 2.24) is 0 Å². The van der Waals surface area contributed by atoms with Crippen LogP contribution in [0.1, 0.15) is 0 Å². The molecule has 0 aliphatic heterocycles. The smallest absolute Gasteiger partial charge is 0.136 e. The second-order valence-corrected chi connectivity index (χ2v) is 17.8. The fourth-order valence-corrected chi connectivity index (χ4v) is 12.1. The predicted molar refractivity (Wildman–Crippen MR) is 268 cm³/mol. The SMILES string of the molecule is c1cc2c3c(cccc3c1)-c1cc3c(cc1-2)c(-c1cccc2oc4ccccc4c12)cc1c2cc4c(cc2c(-c2cccc5oc6ccccc6c25)cc31)-c1cccc2cccc-4c12. The third-order valence-corrected chi connectivity index (χ3v) is 14.7. The summed E-state index contributed by atoms with van der Waals surface area (Å²) >= 11 is 0. The van der Waals surface area contributed by atoms with E-state index < -0.39 is 0 Å². The molecule has 0 atom stereocenters. The number of fused-ring (bicyclic) bond motifs is 17. The maximum Gasteiger partial charge on any atom is 0.136 e. The van der Waals surface area contributed by atoms with E-state index in [1.165, 1.54) is 121 Å². The van der Waals surface area contributed by atoms with Gasteiger partial charge in [0.1, 0.15) is 22.3 Å². The maximum absolute atomic E-state index is 6.56. The first kappa shape index (κ1) is 33.2. The number of benzene rings is 12. The minimum Gasteiger partial charge on any atom is -0.456 e. The van der Waals surface area contributed by atoms with Crippen LogP contribution in [0.5, 0.6) is 0 Å². The second-order valence-electron chi connectivity index (χ2n) is 17.8. The van der Waals surface area contributed by atoms with Crippen LogP contribution in [0, 0.1) is 0 Å². The zero-order chi connectivity index (χ0) is 41.4. The van der Waals surface area contributed by atoms with E-state index in [-0.39, 0.29) is 0 Å². The van der Waals surface area contributed by atoms with Gasteiger partial charge in [0.2, 0.25) is 0 Å². The molecular weight excluding hydrogens is 777 g/mol. The Hall–Kier alpha value is -8.46. The van der Waals surface area contributed by atoms with Gasteiger partial charge in [-0.25, -0.2) is 0 Å². The van der Waals surface area contributed by atoms with Gasteiger partial charge in [-0.3, -0.25) is 0 Å². The molecule has 2 heteroatoms. The van der Waals surface area contributed by atoms with Crippen molar-refractivity contribution in [1.29, 1.82) is 0 Å². The molecule has 292 valence electrons. The number of hydrogen-bond donors (Lipinski definition) is 0. The van der Waals surface area contributed by atoms with Crippen molar-refractivity contribution in [3.8, 4) is 66.8 Å². The summed E-state index contributed by atoms with van der Waals surface area (Å²) in [5.41, 5.74) is 18.7. The van der Waals surface area contributed by atoms with Gasteiger partial charge in [0.05, 0.1) is 0 Å². The van der Waals surface area contributed by atoms with Gasteiger partial charge in [-0.2, -0.15) is 0 Å². The molecule has 0 saturated heterocycles. The molecule has 2 aliphatic carbocycles. The zero-order valence-electron chi connectivity index (χ0n) is 34.3. The van der Waals surface area contributed by atoms with Crippen molar-refractivity contribution < 1.29 is 8.83 Å². The molecule has 0 fully saturated rings. The number of para-hydroxylation sites is 2. The lowest BCUT2D eigenvalue weighted by atomic mass is 9.83. The molecule has 0 radical (unpaired) electrons. The quantitative estimate of drug-likeness (QED) is 0.163. The molecular formula is C62H32O2. The van der Waals surface area contributed by atoms with Crippen molar-refractivity contribution in [2.24, 2.45) is 0 Å². The molecule has 0 saturated carbocycles. The zero-order valence-corrected chi connectivity index (χ0v) is 34.3. The molecule has 14 aromatic rings. The predicted octanol–water partition coefficient (Wildman–Crippen LogP) is 17.9. The van der Waals surface area contributed by atoms with Crippen molar-refractivity contribution in [2.75, 3.05) is 0 Å². The highest BCUT2D eigenvalue weighted by atomic mass is 16.3. The minimum atomic E-state index is 0.898. The molecule has 2 aromatic heterocycles. The molecule has 16 rings (SSSR count). The average Bonchev–Trinajstić information content (AvgIpc) is 4.10. The Kier molecular flexibility index (Phi) is 6.08. The fraction of sp³-hybridized carbons (Fsp3) is 0. The van der Waals surface area contributed by atoms with Crippen LogP contribution in [-0.4, -0.2) is 0 Å². The van der Waals surface area contributed by atoms with E-state index in [0.29, 0.717) is 0 Å². The summed E-state index contributed by atoms with van der Waals surface area (Å²) in [5.74, 6) is 0. The van der Waals surface area contributed by atoms with E-state index in [1.54, 1.807) is 0 Å². The van der Waals surface area contributed by atoms with E-state index >= 15 is 0 Å². The summed E-state index contributed by atoms with van der Waals surface area (Å²) < 4.78 is 13.1. The highest BCUT2D eigenvalue weighted by Crippen LogP contribution is 2.55. The Balaban J connectivity index is 1.12. The van der Waals surface area contributed by atoms with Gasteiger partial charge in [0.15, 0.2) is 0 Å². The van der Waals surface area contributed by atoms with Crippen LogP contribution in [0.15, 0.2) is 203 Å². The molecule has 2 heterocycles. The number of rotatable bonds is 2. The van der Waals surface area contributed by atoms with Crippen molar-refractivity contribution in [2.45, 2.75) is 0 Å². The number of furan rings is 2. The van der Waals surface area contributed by atoms with Crippen LogP contribution in [0.3, 0.4) is 0 Å². The Morgan fingerprint density at radius 3 is 0.891 bits per heavy atom. The third-order valence-electron chi connectivity index (χ3n) is 14.7. The second kappa shape index (κ2) is 11.7. The van der Waals surface area contributed by atoms with Crippen molar-refractivity contribution in [3.05, 3.63) is 194 Å². The summed E-state index contributed by atoms with van der Waals surface area (Å²) in [6, 6.07) is 72.1. The van der Waals surface area contributed by atoms with Gasteiger partial charge in [-0.1, -0.05) is 133 Å². The molecule has 2 nitrogen and oxygen atoms in total. The highest BCUT2D eigenvalue weighted by Gasteiger charge is 2.28. The van der Waals surface area contributed by atoms with E-state index in [1.807, 2.05) is 0 Å². The Bertz CT molecular complexity index is 4180. The average molecular weight is 809 g/mol. The van der Waals surface area contributed by atoms with Gasteiger partial charge in [0.25, 0.3) is 0 Å². The molecule has 0 amide bonds. The largest absolute Gasteiger partial charge is 0.456 e. The first-order chi connectivity index (χ1) is 31.7. The van der Waals surface area contributed by atoms with Crippen LogP contribution in [0.25, 0.3) is 165 Å². The highest BCUT2D eigenvalue weighted by molar-refractivity contribution is 6.31. The Labute approximate surface area is 365 Å². The lowest BCUT2D eigenvalue weighted by molar-refractivity contribution is 0.668. The van der Waals surface area contributed by atoms with Crippen LogP contribution in [0.4, 0.5) is 0 Å². The van der Waals surface area contributed by atoms with Crippen LogP contribution < -0.4 is 0 Å². The monoisotopic (exact) mass is 808 g/mol. The first-order valence-electron chi connectivity index (χ1n) is 22.1. The standard InChI is InChI=1S/C62H32O2/c1-3-23-55-41(15-1)61-39(21-9-25-57(61)63-55)47-31-53-52-30-46-38-20-8-14-34-12-6-18-36(60(34)38)44(46)28-50(52)48(40-22-10-26-58-62(40)42-16-2-4-24-56(42)64-58)32-54(53)51-29-45-37-19-7-13-33-11-5-17-35(59(33)37)43(45)27-49(47)51/h1-32H. The van der Waals surface area contributed by atoms with E-state index in [2.05, 4.69) is 194 Å². The molecule has 0 bridgehead atoms. The lowest BCUT2D eigenvalue weighted by Crippen LogP contribution is -1.92. The Morgan fingerprint density at radius 1 is 0.188 bits per heavy atom. The third kappa shape index (κ3) is 4.11. The van der Waals surface area contributed by atoms with Gasteiger partial charge in [-0.15, -0.1) is 0 Å².